The molecule has 2 amide bonds. The zero-order valence-electron chi connectivity index (χ0n) is 19.8. The number of amides is 2. The van der Waals surface area contributed by atoms with Gasteiger partial charge in [0.05, 0.1) is 7.11 Å². The van der Waals surface area contributed by atoms with Crippen LogP contribution in [0, 0.1) is 0 Å². The molecular weight excluding hydrogens is 544 g/mol. The van der Waals surface area contributed by atoms with Gasteiger partial charge in [0.25, 0.3) is 11.8 Å². The second-order valence-electron chi connectivity index (χ2n) is 7.68. The van der Waals surface area contributed by atoms with Gasteiger partial charge in [-0.05, 0) is 30.2 Å². The molecule has 2 atom stereocenters. The predicted octanol–water partition coefficient (Wildman–Crippen LogP) is 1.51. The smallest absolute Gasteiger partial charge is 0.355 e. The molecule has 3 heterocycles. The SMILES string of the molecule is CCON=C(C(=O)N[C@@H]1C(=O)N2C(C(=O)OCc3ccc(OC)cc3)=C(CCl)CS[C@H]12)c1nsc(N)n1. The van der Waals surface area contributed by atoms with E-state index in [1.165, 1.54) is 16.7 Å². The Morgan fingerprint density at radius 1 is 1.32 bits per heavy atom. The highest BCUT2D eigenvalue weighted by molar-refractivity contribution is 8.00. The quantitative estimate of drug-likeness (QED) is 0.142. The van der Waals surface area contributed by atoms with Crippen molar-refractivity contribution in [2.75, 3.05) is 31.1 Å². The largest absolute Gasteiger partial charge is 0.497 e. The summed E-state index contributed by atoms with van der Waals surface area (Å²) in [5.74, 6) is -0.753. The minimum absolute atomic E-state index is 0.00290. The summed E-state index contributed by atoms with van der Waals surface area (Å²) < 4.78 is 14.6. The van der Waals surface area contributed by atoms with Crippen molar-refractivity contribution in [1.82, 2.24) is 19.6 Å². The van der Waals surface area contributed by atoms with Crippen molar-refractivity contribution in [1.29, 1.82) is 0 Å². The monoisotopic (exact) mass is 566 g/mol. The molecule has 1 aromatic heterocycles. The Labute approximate surface area is 225 Å². The van der Waals surface area contributed by atoms with E-state index in [9.17, 15) is 14.4 Å². The number of rotatable bonds is 10. The highest BCUT2D eigenvalue weighted by atomic mass is 35.5. The van der Waals surface area contributed by atoms with Crippen molar-refractivity contribution in [3.05, 3.63) is 46.9 Å². The number of carbonyl (C=O) groups is 3. The topological polar surface area (TPSA) is 158 Å². The summed E-state index contributed by atoms with van der Waals surface area (Å²) in [6, 6.07) is 6.14. The van der Waals surface area contributed by atoms with Gasteiger partial charge >= 0.3 is 5.97 Å². The van der Waals surface area contributed by atoms with E-state index < -0.39 is 29.2 Å². The first-order chi connectivity index (χ1) is 17.9. The van der Waals surface area contributed by atoms with Gasteiger partial charge in [-0.15, -0.1) is 23.4 Å². The first kappa shape index (κ1) is 26.7. The molecule has 2 aliphatic rings. The standard InChI is InChI=1S/C22H23ClN6O6S2/c1-3-35-27-14(17-26-22(24)37-28-17)18(30)25-15-19(31)29-16(12(8-23)10-36-20(15)29)21(32)34-9-11-4-6-13(33-2)7-5-11/h4-7,15,20H,3,8-10H2,1-2H3,(H,25,30)(H2,24,26,28)/t15-,20-/m1/s1. The van der Waals surface area contributed by atoms with Crippen LogP contribution in [0.5, 0.6) is 5.75 Å². The molecule has 2 aliphatic heterocycles. The molecular formula is C22H23ClN6O6S2. The van der Waals surface area contributed by atoms with Gasteiger partial charge in [-0.1, -0.05) is 17.3 Å². The molecule has 0 radical (unpaired) electrons. The van der Waals surface area contributed by atoms with E-state index >= 15 is 0 Å². The number of ether oxygens (including phenoxy) is 2. The summed E-state index contributed by atoms with van der Waals surface area (Å²) in [7, 11) is 1.56. The second kappa shape index (κ2) is 11.8. The number of β-lactam (4-membered cyclic amide) rings is 1. The molecule has 15 heteroatoms. The average molecular weight is 567 g/mol. The van der Waals surface area contributed by atoms with Gasteiger partial charge in [-0.3, -0.25) is 14.5 Å². The number of aromatic nitrogens is 2. The molecule has 196 valence electrons. The molecule has 2 aromatic rings. The number of carbonyl (C=O) groups excluding carboxylic acids is 3. The Hall–Kier alpha value is -3.36. The lowest BCUT2D eigenvalue weighted by molar-refractivity contribution is -0.153. The predicted molar refractivity (Wildman–Crippen MR) is 138 cm³/mol. The summed E-state index contributed by atoms with van der Waals surface area (Å²) in [5, 5.41) is 6.05. The second-order valence-corrected chi connectivity index (χ2v) is 9.84. The number of nitrogen functional groups attached to an aromatic ring is 1. The third-order valence-corrected chi connectivity index (χ3v) is 7.58. The molecule has 0 bridgehead atoms. The molecule has 3 N–H and O–H groups in total. The van der Waals surface area contributed by atoms with Crippen molar-refractivity contribution in [3.8, 4) is 5.75 Å². The fourth-order valence-electron chi connectivity index (χ4n) is 3.57. The normalized spacial score (nSPS) is 19.2. The Kier molecular flexibility index (Phi) is 8.51. The number of thioether (sulfide) groups is 1. The van der Waals surface area contributed by atoms with Crippen LogP contribution in [0.4, 0.5) is 5.13 Å². The molecule has 4 rings (SSSR count). The lowest BCUT2D eigenvalue weighted by Crippen LogP contribution is -2.71. The number of oxime groups is 1. The zero-order valence-corrected chi connectivity index (χ0v) is 22.2. The van der Waals surface area contributed by atoms with Crippen LogP contribution in [0.3, 0.4) is 0 Å². The van der Waals surface area contributed by atoms with Crippen LogP contribution in [0.15, 0.2) is 40.7 Å². The number of nitrogens with two attached hydrogens (primary N) is 1. The zero-order chi connectivity index (χ0) is 26.5. The lowest BCUT2D eigenvalue weighted by Gasteiger charge is -2.49. The van der Waals surface area contributed by atoms with Crippen LogP contribution in [-0.4, -0.2) is 74.5 Å². The van der Waals surface area contributed by atoms with Crippen molar-refractivity contribution in [3.63, 3.8) is 0 Å². The number of nitrogens with one attached hydrogen (secondary N) is 1. The maximum Gasteiger partial charge on any atom is 0.355 e. The van der Waals surface area contributed by atoms with Crippen LogP contribution in [-0.2, 0) is 30.6 Å². The molecule has 1 fully saturated rings. The summed E-state index contributed by atoms with van der Waals surface area (Å²) in [6.45, 7) is 1.91. The third kappa shape index (κ3) is 5.65. The number of hydrogen-bond acceptors (Lipinski definition) is 12. The number of benzene rings is 1. The van der Waals surface area contributed by atoms with E-state index in [1.807, 2.05) is 0 Å². The molecule has 0 unspecified atom stereocenters. The van der Waals surface area contributed by atoms with E-state index in [4.69, 9.17) is 31.6 Å². The Balaban J connectivity index is 1.46. The van der Waals surface area contributed by atoms with E-state index in [-0.39, 0.29) is 41.5 Å². The minimum atomic E-state index is -0.915. The van der Waals surface area contributed by atoms with Crippen molar-refractivity contribution in [2.24, 2.45) is 5.16 Å². The number of hydrogen-bond donors (Lipinski definition) is 2. The van der Waals surface area contributed by atoms with Gasteiger partial charge < -0.3 is 25.4 Å². The van der Waals surface area contributed by atoms with Gasteiger partial charge in [0.2, 0.25) is 11.5 Å². The van der Waals surface area contributed by atoms with Crippen LogP contribution in [0.2, 0.25) is 0 Å². The van der Waals surface area contributed by atoms with Gasteiger partial charge in [0.1, 0.15) is 36.1 Å². The molecule has 1 saturated heterocycles. The Bertz CT molecular complexity index is 1250. The maximum atomic E-state index is 13.1. The first-order valence-electron chi connectivity index (χ1n) is 11.0. The van der Waals surface area contributed by atoms with Gasteiger partial charge in [-0.2, -0.15) is 9.36 Å². The number of anilines is 1. The van der Waals surface area contributed by atoms with Crippen molar-refractivity contribution < 1.29 is 28.7 Å². The number of alkyl halides is 1. The fraction of sp³-hybridized carbons (Fsp3) is 0.364. The number of nitrogens with zero attached hydrogens (tertiary/aromatic N) is 4. The molecule has 12 nitrogen and oxygen atoms in total. The van der Waals surface area contributed by atoms with Gasteiger partial charge in [-0.25, -0.2) is 4.79 Å². The fourth-order valence-corrected chi connectivity index (χ4v) is 5.68. The Morgan fingerprint density at radius 2 is 2.08 bits per heavy atom. The highest BCUT2D eigenvalue weighted by Crippen LogP contribution is 2.41. The van der Waals surface area contributed by atoms with E-state index in [0.29, 0.717) is 17.1 Å². The number of halogens is 1. The van der Waals surface area contributed by atoms with Crippen LogP contribution in [0.25, 0.3) is 0 Å². The van der Waals surface area contributed by atoms with E-state index in [0.717, 1.165) is 17.1 Å². The van der Waals surface area contributed by atoms with Crippen molar-refractivity contribution >= 4 is 63.5 Å². The summed E-state index contributed by atoms with van der Waals surface area (Å²) in [4.78, 5) is 49.4. The molecule has 0 saturated carbocycles. The summed E-state index contributed by atoms with van der Waals surface area (Å²) in [6.07, 6.45) is 0. The van der Waals surface area contributed by atoms with E-state index in [1.54, 1.807) is 38.3 Å². The van der Waals surface area contributed by atoms with E-state index in [2.05, 4.69) is 19.8 Å². The van der Waals surface area contributed by atoms with Crippen molar-refractivity contribution in [2.45, 2.75) is 24.9 Å². The van der Waals surface area contributed by atoms with Crippen LogP contribution >= 0.6 is 34.9 Å². The minimum Gasteiger partial charge on any atom is -0.497 e. The average Bonchev–Trinajstić information content (AvgIpc) is 3.35. The number of methoxy groups -OCH3 is 1. The molecule has 0 spiro atoms. The van der Waals surface area contributed by atoms with Crippen LogP contribution in [0.1, 0.15) is 18.3 Å². The summed E-state index contributed by atoms with van der Waals surface area (Å²) >= 11 is 8.35. The third-order valence-electron chi connectivity index (χ3n) is 5.37. The highest BCUT2D eigenvalue weighted by Gasteiger charge is 2.54. The van der Waals surface area contributed by atoms with Gasteiger partial charge in [0, 0.05) is 23.2 Å². The lowest BCUT2D eigenvalue weighted by atomic mass is 10.0. The Morgan fingerprint density at radius 3 is 2.70 bits per heavy atom. The number of esters is 1. The first-order valence-corrected chi connectivity index (χ1v) is 13.4. The van der Waals surface area contributed by atoms with Crippen LogP contribution < -0.4 is 15.8 Å². The molecule has 37 heavy (non-hydrogen) atoms. The van der Waals surface area contributed by atoms with Gasteiger partial charge in [0.15, 0.2) is 5.13 Å². The molecule has 0 aliphatic carbocycles. The maximum absolute atomic E-state index is 13.1. The summed E-state index contributed by atoms with van der Waals surface area (Å²) in [5.41, 5.74) is 6.83. The number of fused-ring (bicyclic) bond motifs is 1. The molecule has 1 aromatic carbocycles.